The highest BCUT2D eigenvalue weighted by Gasteiger charge is 2.32. The standard InChI is InChI=1S/C16H17FN2O2/c1-2-21-16(20)14-9-18-19(15(14)12-5-6-12)10-11-3-7-13(17)8-4-11/h3-4,7-9,12H,2,5-6,10H2,1H3. The predicted octanol–water partition coefficient (Wildman–Crippen LogP) is 3.12. The number of nitrogens with zero attached hydrogens (tertiary/aromatic N) is 2. The maximum absolute atomic E-state index is 13.0. The van der Waals surface area contributed by atoms with Crippen LogP contribution in [0.3, 0.4) is 0 Å². The first kappa shape index (κ1) is 13.8. The normalized spacial score (nSPS) is 14.2. The zero-order valence-corrected chi connectivity index (χ0v) is 11.9. The Bertz CT molecular complexity index is 645. The molecule has 0 spiro atoms. The van der Waals surface area contributed by atoms with Gasteiger partial charge < -0.3 is 4.74 Å². The summed E-state index contributed by atoms with van der Waals surface area (Å²) in [4.78, 5) is 12.0. The third-order valence-corrected chi connectivity index (χ3v) is 3.59. The highest BCUT2D eigenvalue weighted by Crippen LogP contribution is 2.42. The van der Waals surface area contributed by atoms with Crippen LogP contribution in [-0.2, 0) is 11.3 Å². The summed E-state index contributed by atoms with van der Waals surface area (Å²) in [6, 6.07) is 6.33. The van der Waals surface area contributed by atoms with E-state index in [-0.39, 0.29) is 11.8 Å². The lowest BCUT2D eigenvalue weighted by Crippen LogP contribution is -2.10. The lowest BCUT2D eigenvalue weighted by atomic mass is 10.1. The summed E-state index contributed by atoms with van der Waals surface area (Å²) < 4.78 is 19.9. The van der Waals surface area contributed by atoms with E-state index in [1.54, 1.807) is 25.3 Å². The molecule has 110 valence electrons. The SMILES string of the molecule is CCOC(=O)c1cnn(Cc2ccc(F)cc2)c1C1CC1. The van der Waals surface area contributed by atoms with Crippen LogP contribution in [0, 0.1) is 5.82 Å². The summed E-state index contributed by atoms with van der Waals surface area (Å²) in [5.41, 5.74) is 2.45. The summed E-state index contributed by atoms with van der Waals surface area (Å²) in [5, 5.41) is 4.32. The minimum atomic E-state index is -0.315. The topological polar surface area (TPSA) is 44.1 Å². The molecule has 1 aromatic heterocycles. The van der Waals surface area contributed by atoms with Gasteiger partial charge in [0.2, 0.25) is 0 Å². The van der Waals surface area contributed by atoms with Crippen LogP contribution in [-0.4, -0.2) is 22.4 Å². The molecule has 1 saturated carbocycles. The number of hydrogen-bond donors (Lipinski definition) is 0. The van der Waals surface area contributed by atoms with Crippen molar-refractivity contribution in [1.82, 2.24) is 9.78 Å². The Morgan fingerprint density at radius 3 is 2.71 bits per heavy atom. The lowest BCUT2D eigenvalue weighted by molar-refractivity contribution is 0.0525. The van der Waals surface area contributed by atoms with Gasteiger partial charge in [0, 0.05) is 5.92 Å². The molecule has 0 amide bonds. The van der Waals surface area contributed by atoms with Crippen molar-refractivity contribution in [2.45, 2.75) is 32.2 Å². The zero-order chi connectivity index (χ0) is 14.8. The monoisotopic (exact) mass is 288 g/mol. The van der Waals surface area contributed by atoms with Gasteiger partial charge in [-0.3, -0.25) is 4.68 Å². The third kappa shape index (κ3) is 2.96. The average molecular weight is 288 g/mol. The van der Waals surface area contributed by atoms with Crippen molar-refractivity contribution < 1.29 is 13.9 Å². The number of carbonyl (C=O) groups is 1. The van der Waals surface area contributed by atoms with E-state index in [1.165, 1.54) is 12.1 Å². The van der Waals surface area contributed by atoms with Crippen LogP contribution in [0.1, 0.15) is 47.3 Å². The number of rotatable bonds is 5. The molecule has 1 fully saturated rings. The molecule has 5 heteroatoms. The zero-order valence-electron chi connectivity index (χ0n) is 11.9. The number of aromatic nitrogens is 2. The van der Waals surface area contributed by atoms with Gasteiger partial charge in [0.05, 0.1) is 25.0 Å². The molecule has 1 heterocycles. The smallest absolute Gasteiger partial charge is 0.341 e. The second-order valence-electron chi connectivity index (χ2n) is 5.22. The molecule has 0 N–H and O–H groups in total. The van der Waals surface area contributed by atoms with Crippen molar-refractivity contribution in [3.05, 3.63) is 53.1 Å². The fourth-order valence-corrected chi connectivity index (χ4v) is 2.44. The number of esters is 1. The van der Waals surface area contributed by atoms with Gasteiger partial charge in [-0.1, -0.05) is 12.1 Å². The molecule has 1 aliphatic rings. The van der Waals surface area contributed by atoms with Gasteiger partial charge in [0.15, 0.2) is 0 Å². The van der Waals surface area contributed by atoms with E-state index >= 15 is 0 Å². The molecule has 1 aliphatic carbocycles. The van der Waals surface area contributed by atoms with E-state index in [4.69, 9.17) is 4.74 Å². The average Bonchev–Trinajstić information content (AvgIpc) is 3.22. The summed E-state index contributed by atoms with van der Waals surface area (Å²) in [5.74, 6) is -0.189. The van der Waals surface area contributed by atoms with Crippen molar-refractivity contribution >= 4 is 5.97 Å². The molecule has 0 atom stereocenters. The van der Waals surface area contributed by atoms with Crippen LogP contribution >= 0.6 is 0 Å². The van der Waals surface area contributed by atoms with Gasteiger partial charge in [0.1, 0.15) is 11.4 Å². The molecular weight excluding hydrogens is 271 g/mol. The van der Waals surface area contributed by atoms with Gasteiger partial charge in [-0.15, -0.1) is 0 Å². The van der Waals surface area contributed by atoms with Gasteiger partial charge >= 0.3 is 5.97 Å². The van der Waals surface area contributed by atoms with Gasteiger partial charge in [-0.05, 0) is 37.5 Å². The van der Waals surface area contributed by atoms with Crippen LogP contribution in [0.15, 0.2) is 30.5 Å². The Hall–Kier alpha value is -2.17. The van der Waals surface area contributed by atoms with Crippen LogP contribution < -0.4 is 0 Å². The lowest BCUT2D eigenvalue weighted by Gasteiger charge is -2.09. The molecule has 0 aliphatic heterocycles. The van der Waals surface area contributed by atoms with Crippen LogP contribution in [0.5, 0.6) is 0 Å². The van der Waals surface area contributed by atoms with E-state index < -0.39 is 0 Å². The third-order valence-electron chi connectivity index (χ3n) is 3.59. The Balaban J connectivity index is 1.88. The first-order valence-corrected chi connectivity index (χ1v) is 7.16. The number of halogens is 1. The first-order chi connectivity index (χ1) is 10.2. The fraction of sp³-hybridized carbons (Fsp3) is 0.375. The molecule has 0 radical (unpaired) electrons. The Morgan fingerprint density at radius 2 is 2.10 bits per heavy atom. The Kier molecular flexibility index (Phi) is 3.73. The van der Waals surface area contributed by atoms with Crippen molar-refractivity contribution in [3.63, 3.8) is 0 Å². The van der Waals surface area contributed by atoms with Crippen molar-refractivity contribution in [2.24, 2.45) is 0 Å². The minimum absolute atomic E-state index is 0.256. The van der Waals surface area contributed by atoms with Crippen molar-refractivity contribution in [2.75, 3.05) is 6.61 Å². The Labute approximate surface area is 122 Å². The van der Waals surface area contributed by atoms with Crippen LogP contribution in [0.25, 0.3) is 0 Å². The molecule has 4 nitrogen and oxygen atoms in total. The molecule has 3 rings (SSSR count). The molecule has 0 bridgehead atoms. The molecule has 1 aromatic carbocycles. The first-order valence-electron chi connectivity index (χ1n) is 7.16. The summed E-state index contributed by atoms with van der Waals surface area (Å²) in [6.45, 7) is 2.68. The quantitative estimate of drug-likeness (QED) is 0.794. The van der Waals surface area contributed by atoms with Gasteiger partial charge in [0.25, 0.3) is 0 Å². The number of hydrogen-bond acceptors (Lipinski definition) is 3. The Morgan fingerprint density at radius 1 is 1.38 bits per heavy atom. The maximum atomic E-state index is 13.0. The summed E-state index contributed by atoms with van der Waals surface area (Å²) in [6.07, 6.45) is 3.72. The highest BCUT2D eigenvalue weighted by molar-refractivity contribution is 5.90. The minimum Gasteiger partial charge on any atom is -0.462 e. The van der Waals surface area contributed by atoms with E-state index in [9.17, 15) is 9.18 Å². The predicted molar refractivity (Wildman–Crippen MR) is 75.7 cm³/mol. The summed E-state index contributed by atoms with van der Waals surface area (Å²) in [7, 11) is 0. The molecule has 0 unspecified atom stereocenters. The van der Waals surface area contributed by atoms with E-state index in [0.29, 0.717) is 24.6 Å². The highest BCUT2D eigenvalue weighted by atomic mass is 19.1. The number of benzene rings is 1. The fourth-order valence-electron chi connectivity index (χ4n) is 2.44. The second kappa shape index (κ2) is 5.68. The van der Waals surface area contributed by atoms with Gasteiger partial charge in [-0.25, -0.2) is 9.18 Å². The molecular formula is C16H17FN2O2. The molecule has 2 aromatic rings. The molecule has 0 saturated heterocycles. The summed E-state index contributed by atoms with van der Waals surface area (Å²) >= 11 is 0. The van der Waals surface area contributed by atoms with Crippen LogP contribution in [0.4, 0.5) is 4.39 Å². The number of carbonyl (C=O) groups excluding carboxylic acids is 1. The maximum Gasteiger partial charge on any atom is 0.341 e. The van der Waals surface area contributed by atoms with Crippen LogP contribution in [0.2, 0.25) is 0 Å². The van der Waals surface area contributed by atoms with Gasteiger partial charge in [-0.2, -0.15) is 5.10 Å². The second-order valence-corrected chi connectivity index (χ2v) is 5.22. The van der Waals surface area contributed by atoms with Crippen molar-refractivity contribution in [1.29, 1.82) is 0 Å². The number of ether oxygens (including phenoxy) is 1. The van der Waals surface area contributed by atoms with E-state index in [2.05, 4.69) is 5.10 Å². The van der Waals surface area contributed by atoms with Crippen molar-refractivity contribution in [3.8, 4) is 0 Å². The largest absolute Gasteiger partial charge is 0.462 e. The molecule has 21 heavy (non-hydrogen) atoms. The van der Waals surface area contributed by atoms with E-state index in [1.807, 2.05) is 4.68 Å². The van der Waals surface area contributed by atoms with E-state index in [0.717, 1.165) is 24.1 Å².